The van der Waals surface area contributed by atoms with Crippen LogP contribution in [-0.4, -0.2) is 43.3 Å². The number of fused-ring (bicyclic) bond motifs is 1. The fraction of sp³-hybridized carbons (Fsp3) is 0.556. The van der Waals surface area contributed by atoms with Crippen LogP contribution in [0.2, 0.25) is 0 Å². The molecule has 2 amide bonds. The Bertz CT molecular complexity index is 624. The fourth-order valence-corrected chi connectivity index (χ4v) is 3.67. The van der Waals surface area contributed by atoms with Crippen LogP contribution < -0.4 is 21.1 Å². The zero-order valence-electron chi connectivity index (χ0n) is 14.7. The number of aryl methyl sites for hydroxylation is 1. The molecule has 25 heavy (non-hydrogen) atoms. The molecule has 1 aliphatic carbocycles. The molecule has 0 spiro atoms. The molecule has 4 N–H and O–H groups in total. The van der Waals surface area contributed by atoms with Gasteiger partial charge in [-0.05, 0) is 48.3 Å². The molecule has 0 aliphatic heterocycles. The van der Waals surface area contributed by atoms with Crippen molar-refractivity contribution in [3.05, 3.63) is 29.3 Å². The van der Waals surface area contributed by atoms with E-state index in [1.165, 1.54) is 12.5 Å². The summed E-state index contributed by atoms with van der Waals surface area (Å²) in [5, 5.41) is 5.77. The first-order valence-corrected chi connectivity index (χ1v) is 9.18. The summed E-state index contributed by atoms with van der Waals surface area (Å²) in [4.78, 5) is 23.9. The zero-order chi connectivity index (χ0) is 18.4. The number of benzene rings is 1. The first kappa shape index (κ1) is 19.6. The molecule has 0 saturated carbocycles. The largest absolute Gasteiger partial charge is 0.497 e. The summed E-state index contributed by atoms with van der Waals surface area (Å²) in [5.74, 6) is 0.999. The molecule has 2 rings (SSSR count). The van der Waals surface area contributed by atoms with E-state index in [4.69, 9.17) is 10.5 Å². The van der Waals surface area contributed by atoms with Gasteiger partial charge in [0.05, 0.1) is 7.11 Å². The Labute approximate surface area is 154 Å². The Balaban J connectivity index is 2.13. The van der Waals surface area contributed by atoms with Gasteiger partial charge in [-0.25, -0.2) is 0 Å². The second-order valence-electron chi connectivity index (χ2n) is 6.33. The van der Waals surface area contributed by atoms with Crippen LogP contribution in [0, 0.1) is 0 Å². The maximum Gasteiger partial charge on any atom is 0.242 e. The van der Waals surface area contributed by atoms with Crippen molar-refractivity contribution < 1.29 is 14.3 Å². The van der Waals surface area contributed by atoms with Gasteiger partial charge in [0.1, 0.15) is 11.8 Å². The van der Waals surface area contributed by atoms with E-state index in [2.05, 4.69) is 23.3 Å². The molecular weight excluding hydrogens is 338 g/mol. The third-order valence-corrected chi connectivity index (χ3v) is 4.91. The number of ether oxygens (including phenoxy) is 1. The van der Waals surface area contributed by atoms with Crippen LogP contribution >= 0.6 is 12.6 Å². The molecule has 3 unspecified atom stereocenters. The van der Waals surface area contributed by atoms with E-state index in [0.29, 0.717) is 18.7 Å². The average molecular weight is 365 g/mol. The minimum Gasteiger partial charge on any atom is -0.497 e. The Hall–Kier alpha value is -1.73. The number of amides is 2. The van der Waals surface area contributed by atoms with Crippen molar-refractivity contribution in [2.24, 2.45) is 5.73 Å². The number of rotatable bonds is 7. The van der Waals surface area contributed by atoms with Crippen molar-refractivity contribution in [1.82, 2.24) is 10.6 Å². The molecule has 6 nitrogen and oxygen atoms in total. The number of hydrogen-bond acceptors (Lipinski definition) is 5. The van der Waals surface area contributed by atoms with Crippen molar-refractivity contribution in [1.29, 1.82) is 0 Å². The van der Waals surface area contributed by atoms with Crippen molar-refractivity contribution in [2.75, 3.05) is 19.4 Å². The van der Waals surface area contributed by atoms with Crippen molar-refractivity contribution in [3.8, 4) is 5.75 Å². The van der Waals surface area contributed by atoms with Crippen molar-refractivity contribution in [3.63, 3.8) is 0 Å². The number of nitrogens with two attached hydrogens (primary N) is 1. The standard InChI is InChI=1S/C18H27N3O3S/c1-11(22)20-17(7-8-25)18(23)21-16-6-3-12-9-13(24-2)4-5-14(12)15(16)10-19/h4-5,9,15-17,25H,3,6-8,10,19H2,1-2H3,(H,20,22)(H,21,23). The highest BCUT2D eigenvalue weighted by Gasteiger charge is 2.31. The summed E-state index contributed by atoms with van der Waals surface area (Å²) >= 11 is 4.17. The van der Waals surface area contributed by atoms with E-state index in [9.17, 15) is 9.59 Å². The third-order valence-electron chi connectivity index (χ3n) is 4.65. The van der Waals surface area contributed by atoms with E-state index in [-0.39, 0.29) is 23.8 Å². The molecule has 1 aromatic rings. The molecule has 1 aromatic carbocycles. The minimum atomic E-state index is -0.564. The lowest BCUT2D eigenvalue weighted by Gasteiger charge is -2.34. The minimum absolute atomic E-state index is 0.0467. The van der Waals surface area contributed by atoms with Gasteiger partial charge < -0.3 is 21.1 Å². The van der Waals surface area contributed by atoms with E-state index in [1.807, 2.05) is 18.2 Å². The number of nitrogens with one attached hydrogen (secondary N) is 2. The quantitative estimate of drug-likeness (QED) is 0.542. The number of carbonyl (C=O) groups excluding carboxylic acids is 2. The third kappa shape index (κ3) is 4.89. The second-order valence-corrected chi connectivity index (χ2v) is 6.77. The molecule has 138 valence electrons. The Morgan fingerprint density at radius 1 is 1.44 bits per heavy atom. The summed E-state index contributed by atoms with van der Waals surface area (Å²) in [6, 6.07) is 5.38. The molecule has 0 saturated heterocycles. The normalized spacial score (nSPS) is 20.3. The summed E-state index contributed by atoms with van der Waals surface area (Å²) in [6.07, 6.45) is 2.15. The maximum atomic E-state index is 12.6. The van der Waals surface area contributed by atoms with Crippen LogP contribution in [0.5, 0.6) is 5.75 Å². The summed E-state index contributed by atoms with van der Waals surface area (Å²) < 4.78 is 5.29. The first-order chi connectivity index (χ1) is 12.0. The van der Waals surface area contributed by atoms with E-state index < -0.39 is 6.04 Å². The van der Waals surface area contributed by atoms with Crippen molar-refractivity contribution >= 4 is 24.4 Å². The van der Waals surface area contributed by atoms with Gasteiger partial charge in [-0.1, -0.05) is 6.07 Å². The Morgan fingerprint density at radius 3 is 2.80 bits per heavy atom. The molecular formula is C18H27N3O3S. The number of hydrogen-bond donors (Lipinski definition) is 4. The highest BCUT2D eigenvalue weighted by Crippen LogP contribution is 2.33. The van der Waals surface area contributed by atoms with Crippen LogP contribution in [0.25, 0.3) is 0 Å². The predicted molar refractivity (Wildman–Crippen MR) is 101 cm³/mol. The molecule has 0 radical (unpaired) electrons. The van der Waals surface area contributed by atoms with Gasteiger partial charge in [0.15, 0.2) is 0 Å². The zero-order valence-corrected chi connectivity index (χ0v) is 15.6. The highest BCUT2D eigenvalue weighted by molar-refractivity contribution is 7.80. The van der Waals surface area contributed by atoms with Crippen LogP contribution in [0.1, 0.15) is 36.8 Å². The molecule has 0 bridgehead atoms. The lowest BCUT2D eigenvalue weighted by atomic mass is 9.79. The van der Waals surface area contributed by atoms with Crippen LogP contribution in [0.3, 0.4) is 0 Å². The Kier molecular flexibility index (Phi) is 7.13. The van der Waals surface area contributed by atoms with Gasteiger partial charge in [0.2, 0.25) is 11.8 Å². The van der Waals surface area contributed by atoms with E-state index in [0.717, 1.165) is 24.2 Å². The average Bonchev–Trinajstić information content (AvgIpc) is 2.60. The fourth-order valence-electron chi connectivity index (χ4n) is 3.41. The number of carbonyl (C=O) groups is 2. The monoisotopic (exact) mass is 365 g/mol. The molecule has 0 aromatic heterocycles. The van der Waals surface area contributed by atoms with Gasteiger partial charge >= 0.3 is 0 Å². The molecule has 0 heterocycles. The van der Waals surface area contributed by atoms with Gasteiger partial charge in [0.25, 0.3) is 0 Å². The van der Waals surface area contributed by atoms with Crippen molar-refractivity contribution in [2.45, 2.75) is 44.2 Å². The number of thiol groups is 1. The topological polar surface area (TPSA) is 93.5 Å². The SMILES string of the molecule is COc1ccc2c(c1)CCC(NC(=O)C(CCS)NC(C)=O)C2CN. The molecule has 1 aliphatic rings. The predicted octanol–water partition coefficient (Wildman–Crippen LogP) is 0.993. The summed E-state index contributed by atoms with van der Waals surface area (Å²) in [6.45, 7) is 1.85. The van der Waals surface area contributed by atoms with Gasteiger partial charge in [-0.3, -0.25) is 9.59 Å². The van der Waals surface area contributed by atoms with Crippen LogP contribution in [0.15, 0.2) is 18.2 Å². The maximum absolute atomic E-state index is 12.6. The molecule has 0 fully saturated rings. The highest BCUT2D eigenvalue weighted by atomic mass is 32.1. The van der Waals surface area contributed by atoms with Gasteiger partial charge in [-0.2, -0.15) is 12.6 Å². The second kappa shape index (κ2) is 9.10. The van der Waals surface area contributed by atoms with Crippen LogP contribution in [-0.2, 0) is 16.0 Å². The number of methoxy groups -OCH3 is 1. The summed E-state index contributed by atoms with van der Waals surface area (Å²) in [7, 11) is 1.65. The smallest absolute Gasteiger partial charge is 0.242 e. The Morgan fingerprint density at radius 2 is 2.20 bits per heavy atom. The van der Waals surface area contributed by atoms with Crippen LogP contribution in [0.4, 0.5) is 0 Å². The first-order valence-electron chi connectivity index (χ1n) is 8.55. The molecule has 3 atom stereocenters. The lowest BCUT2D eigenvalue weighted by Crippen LogP contribution is -2.52. The van der Waals surface area contributed by atoms with E-state index >= 15 is 0 Å². The van der Waals surface area contributed by atoms with E-state index in [1.54, 1.807) is 7.11 Å². The van der Waals surface area contributed by atoms with Gasteiger partial charge in [0, 0.05) is 25.4 Å². The molecule has 7 heteroatoms. The van der Waals surface area contributed by atoms with Gasteiger partial charge in [-0.15, -0.1) is 0 Å². The summed E-state index contributed by atoms with van der Waals surface area (Å²) in [5.41, 5.74) is 8.38. The lowest BCUT2D eigenvalue weighted by molar-refractivity contribution is -0.128.